The van der Waals surface area contributed by atoms with Gasteiger partial charge in [0.1, 0.15) is 17.1 Å². The highest BCUT2D eigenvalue weighted by Gasteiger charge is 2.30. The van der Waals surface area contributed by atoms with Crippen LogP contribution < -0.4 is 15.2 Å². The number of fused-ring (bicyclic) bond motifs is 1. The summed E-state index contributed by atoms with van der Waals surface area (Å²) < 4.78 is 36.2. The van der Waals surface area contributed by atoms with Gasteiger partial charge in [0.05, 0.1) is 22.8 Å². The summed E-state index contributed by atoms with van der Waals surface area (Å²) in [5.41, 5.74) is 2.79. The van der Waals surface area contributed by atoms with Gasteiger partial charge in [-0.1, -0.05) is 31.5 Å². The first-order chi connectivity index (χ1) is 18.3. The largest absolute Gasteiger partial charge is 0.493 e. The van der Waals surface area contributed by atoms with E-state index in [2.05, 4.69) is 15.0 Å². The van der Waals surface area contributed by atoms with Crippen molar-refractivity contribution in [2.75, 3.05) is 37.7 Å². The van der Waals surface area contributed by atoms with E-state index in [-0.39, 0.29) is 16.3 Å². The molecule has 2 aromatic heterocycles. The summed E-state index contributed by atoms with van der Waals surface area (Å²) in [5, 5.41) is 4.48. The number of aromatic nitrogens is 4. The Labute approximate surface area is 221 Å². The maximum absolute atomic E-state index is 13.7. The average molecular weight is 537 g/mol. The molecule has 0 bridgehead atoms. The number of nitrogens with zero attached hydrogens (tertiary/aromatic N) is 5. The predicted octanol–water partition coefficient (Wildman–Crippen LogP) is 3.19. The Kier molecular flexibility index (Phi) is 7.22. The van der Waals surface area contributed by atoms with Crippen molar-refractivity contribution >= 4 is 26.7 Å². The highest BCUT2D eigenvalue weighted by molar-refractivity contribution is 7.89. The number of nitrogens with one attached hydrogen (secondary N) is 1. The lowest BCUT2D eigenvalue weighted by Gasteiger charge is -2.35. The van der Waals surface area contributed by atoms with Crippen LogP contribution >= 0.6 is 0 Å². The summed E-state index contributed by atoms with van der Waals surface area (Å²) in [6.07, 6.45) is 1.53. The van der Waals surface area contributed by atoms with Crippen LogP contribution in [-0.2, 0) is 23.5 Å². The summed E-state index contributed by atoms with van der Waals surface area (Å²) in [7, 11) is -2.06. The summed E-state index contributed by atoms with van der Waals surface area (Å²) >= 11 is 0. The molecule has 0 unspecified atom stereocenters. The molecule has 3 heterocycles. The lowest BCUT2D eigenvalue weighted by molar-refractivity contribution is 0.341. The van der Waals surface area contributed by atoms with Crippen LogP contribution in [0.2, 0.25) is 0 Å². The first-order valence-corrected chi connectivity index (χ1v) is 14.3. The number of benzene rings is 2. The number of rotatable bonds is 8. The van der Waals surface area contributed by atoms with Crippen molar-refractivity contribution in [2.24, 2.45) is 7.05 Å². The third-order valence-electron chi connectivity index (χ3n) is 6.75. The van der Waals surface area contributed by atoms with Crippen molar-refractivity contribution < 1.29 is 13.2 Å². The summed E-state index contributed by atoms with van der Waals surface area (Å²) in [6, 6.07) is 14.7. The van der Waals surface area contributed by atoms with E-state index >= 15 is 0 Å². The number of hydrogen-bond acceptors (Lipinski definition) is 7. The van der Waals surface area contributed by atoms with Gasteiger partial charge in [0.15, 0.2) is 5.52 Å². The molecular formula is C27H32N6O4S. The van der Waals surface area contributed by atoms with Crippen LogP contribution in [0.15, 0.2) is 58.2 Å². The van der Waals surface area contributed by atoms with E-state index in [0.717, 1.165) is 17.8 Å². The number of para-hydroxylation sites is 1. The number of anilines is 1. The van der Waals surface area contributed by atoms with E-state index in [0.29, 0.717) is 61.6 Å². The Bertz CT molecular complexity index is 1610. The number of ether oxygens (including phenoxy) is 1. The number of sulfonamides is 1. The Morgan fingerprint density at radius 3 is 2.45 bits per heavy atom. The molecule has 1 aliphatic rings. The fraction of sp³-hybridized carbons (Fsp3) is 0.370. The molecule has 1 aliphatic heterocycles. The van der Waals surface area contributed by atoms with Gasteiger partial charge >= 0.3 is 0 Å². The zero-order valence-corrected chi connectivity index (χ0v) is 22.7. The van der Waals surface area contributed by atoms with Crippen LogP contribution in [0.1, 0.15) is 26.0 Å². The number of piperazine rings is 1. The molecule has 1 fully saturated rings. The fourth-order valence-electron chi connectivity index (χ4n) is 4.89. The standard InChI is InChI=1S/C27H32N6O4S/c1-4-9-22-24-25(31(3)30-22)27(34)29-26(28-24)21-18-20(12-13-23(21)37-5-2)38(35,36)33-16-14-32(15-17-33)19-10-7-6-8-11-19/h6-8,10-13,18H,4-5,9,14-17H2,1-3H3,(H,28,29,34). The van der Waals surface area contributed by atoms with E-state index in [9.17, 15) is 13.2 Å². The monoisotopic (exact) mass is 536 g/mol. The van der Waals surface area contributed by atoms with Crippen molar-refractivity contribution in [3.8, 4) is 17.1 Å². The second-order valence-corrected chi connectivity index (χ2v) is 11.2. The third-order valence-corrected chi connectivity index (χ3v) is 8.65. The zero-order chi connectivity index (χ0) is 26.9. The van der Waals surface area contributed by atoms with E-state index in [1.54, 1.807) is 25.2 Å². The lowest BCUT2D eigenvalue weighted by atomic mass is 10.1. The number of aryl methyl sites for hydroxylation is 2. The van der Waals surface area contributed by atoms with E-state index in [1.165, 1.54) is 8.99 Å². The predicted molar refractivity (Wildman–Crippen MR) is 147 cm³/mol. The molecule has 1 saturated heterocycles. The van der Waals surface area contributed by atoms with Gasteiger partial charge in [-0.15, -0.1) is 0 Å². The molecule has 38 heavy (non-hydrogen) atoms. The molecule has 10 nitrogen and oxygen atoms in total. The van der Waals surface area contributed by atoms with Crippen LogP contribution in [0, 0.1) is 0 Å². The minimum Gasteiger partial charge on any atom is -0.493 e. The first-order valence-electron chi connectivity index (χ1n) is 12.9. The maximum Gasteiger partial charge on any atom is 0.277 e. The van der Waals surface area contributed by atoms with Gasteiger partial charge < -0.3 is 14.6 Å². The highest BCUT2D eigenvalue weighted by Crippen LogP contribution is 2.32. The van der Waals surface area contributed by atoms with Crippen molar-refractivity contribution in [2.45, 2.75) is 31.6 Å². The van der Waals surface area contributed by atoms with Gasteiger partial charge in [0, 0.05) is 38.9 Å². The topological polar surface area (TPSA) is 113 Å². The van der Waals surface area contributed by atoms with Crippen LogP contribution in [0.4, 0.5) is 5.69 Å². The molecule has 0 atom stereocenters. The smallest absolute Gasteiger partial charge is 0.277 e. The minimum absolute atomic E-state index is 0.131. The zero-order valence-electron chi connectivity index (χ0n) is 21.8. The molecule has 0 spiro atoms. The highest BCUT2D eigenvalue weighted by atomic mass is 32.2. The molecule has 4 aromatic rings. The normalized spacial score (nSPS) is 14.8. The third kappa shape index (κ3) is 4.79. The van der Waals surface area contributed by atoms with Gasteiger partial charge in [-0.2, -0.15) is 9.40 Å². The Balaban J connectivity index is 1.51. The SMILES string of the molecule is CCCc1nn(C)c2c(=O)[nH]c(-c3cc(S(=O)(=O)N4CCN(c5ccccc5)CC4)ccc3OCC)nc12. The van der Waals surface area contributed by atoms with Crippen molar-refractivity contribution in [1.82, 2.24) is 24.1 Å². The van der Waals surface area contributed by atoms with Crippen LogP contribution in [0.3, 0.4) is 0 Å². The average Bonchev–Trinajstić information content (AvgIpc) is 3.25. The number of H-pyrrole nitrogens is 1. The molecule has 1 N–H and O–H groups in total. The summed E-state index contributed by atoms with van der Waals surface area (Å²) in [4.78, 5) is 22.9. The summed E-state index contributed by atoms with van der Waals surface area (Å²) in [5.74, 6) is 0.700. The van der Waals surface area contributed by atoms with E-state index in [4.69, 9.17) is 9.72 Å². The quantitative estimate of drug-likeness (QED) is 0.368. The van der Waals surface area contributed by atoms with Crippen LogP contribution in [-0.4, -0.2) is 65.3 Å². The second kappa shape index (κ2) is 10.6. The van der Waals surface area contributed by atoms with Gasteiger partial charge in [-0.3, -0.25) is 9.48 Å². The van der Waals surface area contributed by atoms with Crippen LogP contribution in [0.5, 0.6) is 5.75 Å². The van der Waals surface area contributed by atoms with Crippen molar-refractivity contribution in [3.05, 3.63) is 64.6 Å². The van der Waals surface area contributed by atoms with Gasteiger partial charge in [-0.25, -0.2) is 13.4 Å². The Morgan fingerprint density at radius 1 is 1.03 bits per heavy atom. The van der Waals surface area contributed by atoms with Crippen molar-refractivity contribution in [1.29, 1.82) is 0 Å². The second-order valence-electron chi connectivity index (χ2n) is 9.25. The Morgan fingerprint density at radius 2 is 1.76 bits per heavy atom. The molecular weight excluding hydrogens is 504 g/mol. The van der Waals surface area contributed by atoms with Gasteiger partial charge in [-0.05, 0) is 43.7 Å². The van der Waals surface area contributed by atoms with Crippen LogP contribution in [0.25, 0.3) is 22.4 Å². The maximum atomic E-state index is 13.7. The number of aromatic amines is 1. The number of hydrogen-bond donors (Lipinski definition) is 1. The fourth-order valence-corrected chi connectivity index (χ4v) is 6.34. The molecule has 5 rings (SSSR count). The molecule has 0 amide bonds. The molecule has 200 valence electrons. The molecule has 0 radical (unpaired) electrons. The van der Waals surface area contributed by atoms with Gasteiger partial charge in [0.2, 0.25) is 10.0 Å². The van der Waals surface area contributed by atoms with E-state index < -0.39 is 10.0 Å². The molecule has 11 heteroatoms. The molecule has 2 aromatic carbocycles. The Hall–Kier alpha value is -3.70. The first kappa shape index (κ1) is 25.9. The molecule has 0 aliphatic carbocycles. The lowest BCUT2D eigenvalue weighted by Crippen LogP contribution is -2.48. The van der Waals surface area contributed by atoms with Crippen molar-refractivity contribution in [3.63, 3.8) is 0 Å². The minimum atomic E-state index is -3.78. The molecule has 0 saturated carbocycles. The summed E-state index contributed by atoms with van der Waals surface area (Å²) in [6.45, 7) is 6.20. The van der Waals surface area contributed by atoms with Gasteiger partial charge in [0.25, 0.3) is 5.56 Å². The van der Waals surface area contributed by atoms with E-state index in [1.807, 2.05) is 44.2 Å².